The van der Waals surface area contributed by atoms with Crippen LogP contribution >= 0.6 is 11.6 Å². The van der Waals surface area contributed by atoms with Crippen molar-refractivity contribution < 1.29 is 4.79 Å². The average Bonchev–Trinajstić information content (AvgIpc) is 3.16. The molecule has 2 aromatic heterocycles. The van der Waals surface area contributed by atoms with E-state index in [4.69, 9.17) is 11.6 Å². The lowest BCUT2D eigenvalue weighted by molar-refractivity contribution is 0.0930. The minimum absolute atomic E-state index is 0.0887. The van der Waals surface area contributed by atoms with Crippen molar-refractivity contribution in [1.29, 1.82) is 0 Å². The second-order valence-electron chi connectivity index (χ2n) is 6.38. The zero-order valence-electron chi connectivity index (χ0n) is 15.0. The lowest BCUT2D eigenvalue weighted by atomic mass is 10.2. The molecule has 1 aromatic carbocycles. The van der Waals surface area contributed by atoms with Crippen LogP contribution in [0, 0.1) is 13.8 Å². The molecule has 26 heavy (non-hydrogen) atoms. The fourth-order valence-electron chi connectivity index (χ4n) is 2.74. The number of carbonyl (C=O) groups is 1. The Morgan fingerprint density at radius 3 is 2.77 bits per heavy atom. The fourth-order valence-corrected chi connectivity index (χ4v) is 2.94. The lowest BCUT2D eigenvalue weighted by Gasteiger charge is -2.14. The maximum atomic E-state index is 12.4. The van der Waals surface area contributed by atoms with Crippen LogP contribution in [0.1, 0.15) is 34.4 Å². The smallest absolute Gasteiger partial charge is 0.273 e. The van der Waals surface area contributed by atoms with Gasteiger partial charge >= 0.3 is 0 Å². The van der Waals surface area contributed by atoms with Gasteiger partial charge in [-0.1, -0.05) is 35.0 Å². The molecule has 0 saturated heterocycles. The van der Waals surface area contributed by atoms with E-state index < -0.39 is 0 Å². The first-order valence-electron chi connectivity index (χ1n) is 8.38. The zero-order chi connectivity index (χ0) is 18.7. The van der Waals surface area contributed by atoms with E-state index in [0.717, 1.165) is 17.0 Å². The van der Waals surface area contributed by atoms with E-state index in [-0.39, 0.29) is 17.6 Å². The summed E-state index contributed by atoms with van der Waals surface area (Å²) in [6, 6.07) is 9.44. The quantitative estimate of drug-likeness (QED) is 0.721. The van der Waals surface area contributed by atoms with Crippen LogP contribution in [0.2, 0.25) is 5.02 Å². The second kappa shape index (κ2) is 7.70. The van der Waals surface area contributed by atoms with Gasteiger partial charge in [-0.3, -0.25) is 9.48 Å². The molecule has 7 nitrogen and oxygen atoms in total. The van der Waals surface area contributed by atoms with Crippen LogP contribution in [0.15, 0.2) is 36.5 Å². The molecule has 0 spiro atoms. The van der Waals surface area contributed by atoms with Crippen molar-refractivity contribution in [2.45, 2.75) is 39.9 Å². The molecule has 0 bridgehead atoms. The lowest BCUT2D eigenvalue weighted by Crippen LogP contribution is -2.36. The molecule has 0 aliphatic heterocycles. The molecule has 0 aliphatic rings. The van der Waals surface area contributed by atoms with Gasteiger partial charge in [0.1, 0.15) is 0 Å². The number of carbonyl (C=O) groups excluding carboxylic acids is 1. The molecule has 136 valence electrons. The summed E-state index contributed by atoms with van der Waals surface area (Å²) in [5.41, 5.74) is 3.22. The summed E-state index contributed by atoms with van der Waals surface area (Å²) < 4.78 is 3.48. The molecule has 0 unspecified atom stereocenters. The normalized spacial score (nSPS) is 12.2. The highest BCUT2D eigenvalue weighted by molar-refractivity contribution is 6.31. The molecule has 0 fully saturated rings. The number of nitrogens with zero attached hydrogens (tertiary/aromatic N) is 5. The Balaban J connectivity index is 1.61. The first kappa shape index (κ1) is 18.1. The van der Waals surface area contributed by atoms with E-state index in [1.165, 1.54) is 0 Å². The van der Waals surface area contributed by atoms with Gasteiger partial charge in [0.05, 0.1) is 25.0 Å². The average molecular weight is 373 g/mol. The van der Waals surface area contributed by atoms with Crippen molar-refractivity contribution in [2.24, 2.45) is 0 Å². The third-order valence-corrected chi connectivity index (χ3v) is 4.36. The first-order chi connectivity index (χ1) is 12.4. The Morgan fingerprint density at radius 1 is 1.31 bits per heavy atom. The van der Waals surface area contributed by atoms with Gasteiger partial charge in [-0.05, 0) is 38.5 Å². The minimum atomic E-state index is -0.260. The molecule has 0 radical (unpaired) electrons. The predicted octanol–water partition coefficient (Wildman–Crippen LogP) is 2.61. The Labute approximate surface area is 157 Å². The number of benzene rings is 1. The maximum absolute atomic E-state index is 12.4. The molecule has 1 N–H and O–H groups in total. The number of halogens is 1. The summed E-state index contributed by atoms with van der Waals surface area (Å²) in [6.45, 7) is 6.93. The summed E-state index contributed by atoms with van der Waals surface area (Å²) in [6.07, 6.45) is 1.62. The summed E-state index contributed by atoms with van der Waals surface area (Å²) in [4.78, 5) is 12.4. The highest BCUT2D eigenvalue weighted by atomic mass is 35.5. The molecule has 3 aromatic rings. The van der Waals surface area contributed by atoms with Crippen molar-refractivity contribution in [3.05, 3.63) is 64.2 Å². The highest BCUT2D eigenvalue weighted by Gasteiger charge is 2.15. The van der Waals surface area contributed by atoms with Gasteiger partial charge in [0.15, 0.2) is 5.69 Å². The number of hydrogen-bond donors (Lipinski definition) is 1. The summed E-state index contributed by atoms with van der Waals surface area (Å²) in [5.74, 6) is -0.260. The van der Waals surface area contributed by atoms with Gasteiger partial charge in [-0.2, -0.15) is 5.10 Å². The van der Waals surface area contributed by atoms with E-state index >= 15 is 0 Å². The molecule has 1 amide bonds. The molecule has 8 heteroatoms. The van der Waals surface area contributed by atoms with Gasteiger partial charge in [0, 0.05) is 16.8 Å². The number of nitrogens with one attached hydrogen (secondary N) is 1. The Bertz CT molecular complexity index is 916. The van der Waals surface area contributed by atoms with Crippen LogP contribution in [0.5, 0.6) is 0 Å². The van der Waals surface area contributed by atoms with E-state index in [1.54, 1.807) is 10.9 Å². The highest BCUT2D eigenvalue weighted by Crippen LogP contribution is 2.15. The van der Waals surface area contributed by atoms with Crippen LogP contribution < -0.4 is 5.32 Å². The summed E-state index contributed by atoms with van der Waals surface area (Å²) in [5, 5.41) is 16.0. The van der Waals surface area contributed by atoms with E-state index in [2.05, 4.69) is 20.7 Å². The van der Waals surface area contributed by atoms with Crippen molar-refractivity contribution in [3.63, 3.8) is 0 Å². The second-order valence-corrected chi connectivity index (χ2v) is 6.78. The topological polar surface area (TPSA) is 77.6 Å². The van der Waals surface area contributed by atoms with Crippen LogP contribution in [0.25, 0.3) is 0 Å². The van der Waals surface area contributed by atoms with E-state index in [1.807, 2.05) is 55.8 Å². The van der Waals surface area contributed by atoms with Gasteiger partial charge in [0.25, 0.3) is 5.91 Å². The number of hydrogen-bond acceptors (Lipinski definition) is 4. The Kier molecular flexibility index (Phi) is 5.37. The fraction of sp³-hybridized carbons (Fsp3) is 0.333. The summed E-state index contributed by atoms with van der Waals surface area (Å²) >= 11 is 6.15. The number of rotatable bonds is 6. The van der Waals surface area contributed by atoms with Crippen molar-refractivity contribution in [1.82, 2.24) is 30.1 Å². The van der Waals surface area contributed by atoms with Crippen LogP contribution in [-0.4, -0.2) is 36.7 Å². The van der Waals surface area contributed by atoms with E-state index in [9.17, 15) is 4.79 Å². The Hall–Kier alpha value is -2.67. The van der Waals surface area contributed by atoms with E-state index in [0.29, 0.717) is 18.1 Å². The molecule has 3 rings (SSSR count). The van der Waals surface area contributed by atoms with Gasteiger partial charge in [-0.25, -0.2) is 4.68 Å². The van der Waals surface area contributed by atoms with Crippen LogP contribution in [0.4, 0.5) is 0 Å². The number of aryl methyl sites for hydroxylation is 2. The largest absolute Gasteiger partial charge is 0.346 e. The molecular weight excluding hydrogens is 352 g/mol. The molecule has 1 atom stereocenters. The van der Waals surface area contributed by atoms with Crippen molar-refractivity contribution in [2.75, 3.05) is 0 Å². The zero-order valence-corrected chi connectivity index (χ0v) is 15.7. The van der Waals surface area contributed by atoms with Crippen LogP contribution in [0.3, 0.4) is 0 Å². The molecule has 0 aliphatic carbocycles. The SMILES string of the molecule is Cc1cc(C)n(C[C@@H](C)NC(=O)c2cn(Cc3ccccc3Cl)nn2)n1. The maximum Gasteiger partial charge on any atom is 0.273 e. The summed E-state index contributed by atoms with van der Waals surface area (Å²) in [7, 11) is 0. The molecular formula is C18H21ClN6O. The van der Waals surface area contributed by atoms with Gasteiger partial charge < -0.3 is 5.32 Å². The molecule has 2 heterocycles. The van der Waals surface area contributed by atoms with Gasteiger partial charge in [-0.15, -0.1) is 5.10 Å². The van der Waals surface area contributed by atoms with Crippen molar-refractivity contribution >= 4 is 17.5 Å². The standard InChI is InChI=1S/C18H21ClN6O/c1-12-8-14(3)25(22-12)9-13(2)20-18(26)17-11-24(23-21-17)10-15-6-4-5-7-16(15)19/h4-8,11,13H,9-10H2,1-3H3,(H,20,26)/t13-/m1/s1. The monoisotopic (exact) mass is 372 g/mol. The minimum Gasteiger partial charge on any atom is -0.346 e. The molecule has 0 saturated carbocycles. The third kappa shape index (κ3) is 4.29. The number of aromatic nitrogens is 5. The Morgan fingerprint density at radius 2 is 2.08 bits per heavy atom. The predicted molar refractivity (Wildman–Crippen MR) is 99.2 cm³/mol. The van der Waals surface area contributed by atoms with Crippen molar-refractivity contribution in [3.8, 4) is 0 Å². The third-order valence-electron chi connectivity index (χ3n) is 3.99. The van der Waals surface area contributed by atoms with Crippen LogP contribution in [-0.2, 0) is 13.1 Å². The number of amides is 1. The van der Waals surface area contributed by atoms with Gasteiger partial charge in [0.2, 0.25) is 0 Å². The first-order valence-corrected chi connectivity index (χ1v) is 8.75.